The summed E-state index contributed by atoms with van der Waals surface area (Å²) in [6.45, 7) is 5.89. The minimum atomic E-state index is 0. The third kappa shape index (κ3) is 3.38. The van der Waals surface area contributed by atoms with Crippen LogP contribution in [0.25, 0.3) is 0 Å². The maximum atomic E-state index is 5.94. The first-order chi connectivity index (χ1) is 8.43. The average Bonchev–Trinajstić information content (AvgIpc) is 2.40. The van der Waals surface area contributed by atoms with Crippen molar-refractivity contribution in [2.75, 3.05) is 32.8 Å². The minimum Gasteiger partial charge on any atom is -0.375 e. The van der Waals surface area contributed by atoms with Gasteiger partial charge in [-0.05, 0) is 44.7 Å². The Kier molecular flexibility index (Phi) is 5.74. The molecule has 3 aliphatic rings. The molecule has 3 unspecified atom stereocenters. The van der Waals surface area contributed by atoms with Crippen LogP contribution >= 0.6 is 12.4 Å². The minimum absolute atomic E-state index is 0. The molecule has 1 aliphatic carbocycles. The SMILES string of the molecule is C1CNCC(CN2CCOC3CCCCC32)C1.Cl. The van der Waals surface area contributed by atoms with Gasteiger partial charge >= 0.3 is 0 Å². The Morgan fingerprint density at radius 2 is 2.00 bits per heavy atom. The summed E-state index contributed by atoms with van der Waals surface area (Å²) < 4.78 is 5.94. The summed E-state index contributed by atoms with van der Waals surface area (Å²) in [6, 6.07) is 0.736. The van der Waals surface area contributed by atoms with Gasteiger partial charge in [0.2, 0.25) is 0 Å². The van der Waals surface area contributed by atoms with Crippen molar-refractivity contribution >= 4 is 12.4 Å². The molecule has 0 radical (unpaired) electrons. The van der Waals surface area contributed by atoms with Crippen LogP contribution in [-0.2, 0) is 4.74 Å². The van der Waals surface area contributed by atoms with E-state index in [1.165, 1.54) is 58.2 Å². The van der Waals surface area contributed by atoms with Crippen molar-refractivity contribution in [1.82, 2.24) is 10.2 Å². The number of nitrogens with one attached hydrogen (secondary N) is 1. The van der Waals surface area contributed by atoms with Crippen molar-refractivity contribution in [3.63, 3.8) is 0 Å². The molecule has 4 heteroatoms. The first-order valence-electron chi connectivity index (χ1n) is 7.50. The second-order valence-corrected chi connectivity index (χ2v) is 5.97. The lowest BCUT2D eigenvalue weighted by molar-refractivity contribution is -0.0925. The molecule has 18 heavy (non-hydrogen) atoms. The van der Waals surface area contributed by atoms with Crippen LogP contribution in [0, 0.1) is 5.92 Å². The molecule has 3 rings (SSSR count). The van der Waals surface area contributed by atoms with Gasteiger partial charge in [0.05, 0.1) is 12.7 Å². The molecule has 2 aliphatic heterocycles. The highest BCUT2D eigenvalue weighted by Gasteiger charge is 2.34. The quantitative estimate of drug-likeness (QED) is 0.834. The van der Waals surface area contributed by atoms with E-state index in [9.17, 15) is 0 Å². The molecule has 0 aromatic heterocycles. The van der Waals surface area contributed by atoms with Crippen molar-refractivity contribution in [3.05, 3.63) is 0 Å². The zero-order valence-electron chi connectivity index (χ0n) is 11.3. The maximum absolute atomic E-state index is 5.94. The number of morpholine rings is 1. The molecule has 0 amide bonds. The molecule has 0 bridgehead atoms. The second-order valence-electron chi connectivity index (χ2n) is 5.97. The summed E-state index contributed by atoms with van der Waals surface area (Å²) in [5, 5.41) is 3.54. The van der Waals surface area contributed by atoms with E-state index in [4.69, 9.17) is 4.74 Å². The van der Waals surface area contributed by atoms with Gasteiger partial charge in [0.1, 0.15) is 0 Å². The molecule has 0 aromatic carbocycles. The smallest absolute Gasteiger partial charge is 0.0730 e. The molecular weight excluding hydrogens is 248 g/mol. The molecule has 3 fully saturated rings. The van der Waals surface area contributed by atoms with Crippen LogP contribution in [0.15, 0.2) is 0 Å². The highest BCUT2D eigenvalue weighted by molar-refractivity contribution is 5.85. The van der Waals surface area contributed by atoms with E-state index in [-0.39, 0.29) is 12.4 Å². The molecule has 1 N–H and O–H groups in total. The molecule has 0 spiro atoms. The fraction of sp³-hybridized carbons (Fsp3) is 1.00. The van der Waals surface area contributed by atoms with Crippen molar-refractivity contribution < 1.29 is 4.74 Å². The second kappa shape index (κ2) is 7.09. The number of nitrogens with zero attached hydrogens (tertiary/aromatic N) is 1. The predicted molar refractivity (Wildman–Crippen MR) is 76.4 cm³/mol. The number of halogens is 1. The number of rotatable bonds is 2. The summed E-state index contributed by atoms with van der Waals surface area (Å²) in [5.74, 6) is 0.879. The van der Waals surface area contributed by atoms with E-state index in [1.807, 2.05) is 0 Å². The van der Waals surface area contributed by atoms with Crippen molar-refractivity contribution in [2.45, 2.75) is 50.7 Å². The standard InChI is InChI=1S/C14H26N2O.ClH/c1-2-6-14-13(5-1)16(8-9-17-14)11-12-4-3-7-15-10-12;/h12-15H,1-11H2;1H. The number of hydrogen-bond donors (Lipinski definition) is 1. The highest BCUT2D eigenvalue weighted by Crippen LogP contribution is 2.29. The Morgan fingerprint density at radius 3 is 2.83 bits per heavy atom. The Morgan fingerprint density at radius 1 is 1.11 bits per heavy atom. The maximum Gasteiger partial charge on any atom is 0.0730 e. The monoisotopic (exact) mass is 274 g/mol. The number of hydrogen-bond acceptors (Lipinski definition) is 3. The van der Waals surface area contributed by atoms with Crippen LogP contribution in [0.4, 0.5) is 0 Å². The van der Waals surface area contributed by atoms with Gasteiger partial charge in [0.25, 0.3) is 0 Å². The van der Waals surface area contributed by atoms with E-state index in [0.717, 1.165) is 25.1 Å². The summed E-state index contributed by atoms with van der Waals surface area (Å²) in [7, 11) is 0. The Hall–Kier alpha value is 0.170. The zero-order valence-corrected chi connectivity index (χ0v) is 12.1. The van der Waals surface area contributed by atoms with Gasteiger partial charge in [-0.1, -0.05) is 12.8 Å². The fourth-order valence-electron chi connectivity index (χ4n) is 3.81. The summed E-state index contributed by atoms with van der Waals surface area (Å²) in [4.78, 5) is 2.74. The molecule has 1 saturated carbocycles. The van der Waals surface area contributed by atoms with Gasteiger partial charge in [0, 0.05) is 19.1 Å². The molecule has 2 saturated heterocycles. The number of fused-ring (bicyclic) bond motifs is 1. The summed E-state index contributed by atoms with van der Waals surface area (Å²) >= 11 is 0. The van der Waals surface area contributed by atoms with Gasteiger partial charge in [0.15, 0.2) is 0 Å². The lowest BCUT2D eigenvalue weighted by Gasteiger charge is -2.45. The molecular formula is C14H27ClN2O. The van der Waals surface area contributed by atoms with E-state index < -0.39 is 0 Å². The predicted octanol–water partition coefficient (Wildman–Crippen LogP) is 2.05. The van der Waals surface area contributed by atoms with E-state index in [1.54, 1.807) is 0 Å². The van der Waals surface area contributed by atoms with Crippen LogP contribution in [0.1, 0.15) is 38.5 Å². The topological polar surface area (TPSA) is 24.5 Å². The Bertz CT molecular complexity index is 244. The Balaban J connectivity index is 0.00000120. The number of piperidine rings is 1. The van der Waals surface area contributed by atoms with Gasteiger partial charge in [-0.25, -0.2) is 0 Å². The average molecular weight is 275 g/mol. The molecule has 0 aromatic rings. The summed E-state index contributed by atoms with van der Waals surface area (Å²) in [6.07, 6.45) is 8.78. The van der Waals surface area contributed by atoms with Crippen LogP contribution in [-0.4, -0.2) is 49.8 Å². The van der Waals surface area contributed by atoms with Crippen LogP contribution in [0.5, 0.6) is 0 Å². The van der Waals surface area contributed by atoms with Crippen molar-refractivity contribution in [2.24, 2.45) is 5.92 Å². The highest BCUT2D eigenvalue weighted by atomic mass is 35.5. The lowest BCUT2D eigenvalue weighted by atomic mass is 9.89. The first-order valence-corrected chi connectivity index (χ1v) is 7.50. The molecule has 2 heterocycles. The van der Waals surface area contributed by atoms with Gasteiger partial charge < -0.3 is 10.1 Å². The van der Waals surface area contributed by atoms with E-state index in [0.29, 0.717) is 6.10 Å². The van der Waals surface area contributed by atoms with Crippen molar-refractivity contribution in [3.8, 4) is 0 Å². The normalized spacial score (nSPS) is 37.7. The zero-order chi connectivity index (χ0) is 11.5. The van der Waals surface area contributed by atoms with E-state index >= 15 is 0 Å². The third-order valence-corrected chi connectivity index (χ3v) is 4.74. The third-order valence-electron chi connectivity index (χ3n) is 4.74. The Labute approximate surface area is 117 Å². The van der Waals surface area contributed by atoms with Gasteiger partial charge in [-0.15, -0.1) is 12.4 Å². The molecule has 3 nitrogen and oxygen atoms in total. The van der Waals surface area contributed by atoms with Gasteiger partial charge in [-0.3, -0.25) is 4.90 Å². The van der Waals surface area contributed by atoms with Gasteiger partial charge in [-0.2, -0.15) is 0 Å². The van der Waals surface area contributed by atoms with Crippen LogP contribution in [0.2, 0.25) is 0 Å². The first kappa shape index (κ1) is 14.6. The number of ether oxygens (including phenoxy) is 1. The van der Waals surface area contributed by atoms with Crippen LogP contribution < -0.4 is 5.32 Å². The van der Waals surface area contributed by atoms with Crippen molar-refractivity contribution in [1.29, 1.82) is 0 Å². The largest absolute Gasteiger partial charge is 0.375 e. The molecule has 3 atom stereocenters. The van der Waals surface area contributed by atoms with Crippen LogP contribution in [0.3, 0.4) is 0 Å². The molecule has 106 valence electrons. The van der Waals surface area contributed by atoms with E-state index in [2.05, 4.69) is 10.2 Å². The summed E-state index contributed by atoms with van der Waals surface area (Å²) in [5.41, 5.74) is 0. The fourth-order valence-corrected chi connectivity index (χ4v) is 3.81. The lowest BCUT2D eigenvalue weighted by Crippen LogP contribution is -2.54.